The van der Waals surface area contributed by atoms with Crippen molar-refractivity contribution in [2.75, 3.05) is 0 Å². The van der Waals surface area contributed by atoms with Crippen LogP contribution in [0.25, 0.3) is 0 Å². The summed E-state index contributed by atoms with van der Waals surface area (Å²) in [4.78, 5) is 0. The van der Waals surface area contributed by atoms with Crippen molar-refractivity contribution in [2.24, 2.45) is 5.92 Å². The predicted octanol–water partition coefficient (Wildman–Crippen LogP) is 3.74. The highest BCUT2D eigenvalue weighted by atomic mass is 16.5. The summed E-state index contributed by atoms with van der Waals surface area (Å²) in [6.07, 6.45) is 3.84. The lowest BCUT2D eigenvalue weighted by atomic mass is 9.79. The van der Waals surface area contributed by atoms with E-state index in [-0.39, 0.29) is 5.60 Å². The van der Waals surface area contributed by atoms with Gasteiger partial charge in [-0.15, -0.1) is 0 Å². The summed E-state index contributed by atoms with van der Waals surface area (Å²) in [6.45, 7) is 4.59. The van der Waals surface area contributed by atoms with Crippen LogP contribution in [0.3, 0.4) is 0 Å². The first-order valence-corrected chi connectivity index (χ1v) is 6.02. The number of ether oxygens (including phenoxy) is 1. The van der Waals surface area contributed by atoms with Crippen LogP contribution in [0.5, 0.6) is 5.75 Å². The second-order valence-corrected chi connectivity index (χ2v) is 5.19. The molecule has 1 saturated carbocycles. The maximum Gasteiger partial charge on any atom is 0.123 e. The monoisotopic (exact) mass is 202 g/mol. The molecule has 80 valence electrons. The third-order valence-corrected chi connectivity index (χ3v) is 4.22. The van der Waals surface area contributed by atoms with Crippen LogP contribution in [0.1, 0.15) is 44.6 Å². The lowest BCUT2D eigenvalue weighted by molar-refractivity contribution is 0.0367. The van der Waals surface area contributed by atoms with Crippen LogP contribution < -0.4 is 4.74 Å². The number of para-hydroxylation sites is 1. The SMILES string of the molecule is CC(C)[C@@]12CCC[C@@H]1c1ccccc1O2. The first kappa shape index (κ1) is 9.26. The predicted molar refractivity (Wildman–Crippen MR) is 61.2 cm³/mol. The van der Waals surface area contributed by atoms with Crippen molar-refractivity contribution in [1.82, 2.24) is 0 Å². The number of hydrogen-bond acceptors (Lipinski definition) is 1. The van der Waals surface area contributed by atoms with Crippen molar-refractivity contribution in [3.8, 4) is 5.75 Å². The van der Waals surface area contributed by atoms with Crippen LogP contribution in [0.15, 0.2) is 24.3 Å². The maximum atomic E-state index is 6.28. The van der Waals surface area contributed by atoms with Crippen molar-refractivity contribution in [2.45, 2.75) is 44.6 Å². The first-order chi connectivity index (χ1) is 7.24. The molecule has 15 heavy (non-hydrogen) atoms. The summed E-state index contributed by atoms with van der Waals surface area (Å²) >= 11 is 0. The Hall–Kier alpha value is -0.980. The van der Waals surface area contributed by atoms with E-state index in [4.69, 9.17) is 4.74 Å². The van der Waals surface area contributed by atoms with Gasteiger partial charge in [0.25, 0.3) is 0 Å². The molecular formula is C14H18O. The molecule has 2 atom stereocenters. The van der Waals surface area contributed by atoms with Gasteiger partial charge >= 0.3 is 0 Å². The lowest BCUT2D eigenvalue weighted by Gasteiger charge is -2.33. The van der Waals surface area contributed by atoms with Gasteiger partial charge in [0.1, 0.15) is 11.4 Å². The van der Waals surface area contributed by atoms with Crippen molar-refractivity contribution < 1.29 is 4.74 Å². The van der Waals surface area contributed by atoms with Crippen LogP contribution in [-0.2, 0) is 0 Å². The van der Waals surface area contributed by atoms with Gasteiger partial charge in [0.2, 0.25) is 0 Å². The van der Waals surface area contributed by atoms with E-state index in [0.29, 0.717) is 11.8 Å². The van der Waals surface area contributed by atoms with Crippen molar-refractivity contribution in [3.63, 3.8) is 0 Å². The van der Waals surface area contributed by atoms with E-state index in [1.807, 2.05) is 0 Å². The molecule has 1 aromatic rings. The highest BCUT2D eigenvalue weighted by molar-refractivity contribution is 5.44. The topological polar surface area (TPSA) is 9.23 Å². The van der Waals surface area contributed by atoms with Gasteiger partial charge in [-0.05, 0) is 31.2 Å². The fourth-order valence-corrected chi connectivity index (χ4v) is 3.42. The zero-order valence-corrected chi connectivity index (χ0v) is 9.49. The third-order valence-electron chi connectivity index (χ3n) is 4.22. The molecule has 1 heterocycles. The lowest BCUT2D eigenvalue weighted by Crippen LogP contribution is -2.39. The van der Waals surface area contributed by atoms with Crippen LogP contribution >= 0.6 is 0 Å². The molecule has 0 unspecified atom stereocenters. The normalized spacial score (nSPS) is 32.6. The summed E-state index contributed by atoms with van der Waals surface area (Å²) in [5.41, 5.74) is 1.56. The molecule has 1 nitrogen and oxygen atoms in total. The Bertz CT molecular complexity index is 383. The van der Waals surface area contributed by atoms with E-state index in [1.54, 1.807) is 0 Å². The van der Waals surface area contributed by atoms with Crippen LogP contribution in [0.4, 0.5) is 0 Å². The molecular weight excluding hydrogens is 184 g/mol. The van der Waals surface area contributed by atoms with E-state index in [2.05, 4.69) is 38.1 Å². The van der Waals surface area contributed by atoms with Gasteiger partial charge in [-0.3, -0.25) is 0 Å². The fourth-order valence-electron chi connectivity index (χ4n) is 3.42. The molecule has 3 rings (SSSR count). The van der Waals surface area contributed by atoms with Gasteiger partial charge in [-0.2, -0.15) is 0 Å². The Morgan fingerprint density at radius 3 is 2.93 bits per heavy atom. The number of hydrogen-bond donors (Lipinski definition) is 0. The molecule has 1 fully saturated rings. The second kappa shape index (κ2) is 3.01. The molecule has 0 amide bonds. The van der Waals surface area contributed by atoms with Crippen molar-refractivity contribution >= 4 is 0 Å². The first-order valence-electron chi connectivity index (χ1n) is 6.02. The number of benzene rings is 1. The second-order valence-electron chi connectivity index (χ2n) is 5.19. The minimum atomic E-state index is 0.115. The van der Waals surface area contributed by atoms with E-state index >= 15 is 0 Å². The molecule has 0 saturated heterocycles. The van der Waals surface area contributed by atoms with E-state index < -0.39 is 0 Å². The Labute approximate surface area is 91.5 Å². The minimum absolute atomic E-state index is 0.115. The van der Waals surface area contributed by atoms with Gasteiger partial charge in [0.05, 0.1) is 0 Å². The van der Waals surface area contributed by atoms with E-state index in [0.717, 1.165) is 5.75 Å². The summed E-state index contributed by atoms with van der Waals surface area (Å²) in [5, 5.41) is 0. The molecule has 1 aromatic carbocycles. The number of fused-ring (bicyclic) bond motifs is 3. The van der Waals surface area contributed by atoms with Crippen LogP contribution in [0, 0.1) is 5.92 Å². The highest BCUT2D eigenvalue weighted by Gasteiger charge is 2.52. The summed E-state index contributed by atoms with van der Waals surface area (Å²) < 4.78 is 6.28. The fraction of sp³-hybridized carbons (Fsp3) is 0.571. The van der Waals surface area contributed by atoms with Crippen molar-refractivity contribution in [1.29, 1.82) is 0 Å². The molecule has 0 aromatic heterocycles. The molecule has 0 N–H and O–H groups in total. The van der Waals surface area contributed by atoms with Gasteiger partial charge in [-0.1, -0.05) is 32.0 Å². The molecule has 0 spiro atoms. The van der Waals surface area contributed by atoms with Gasteiger partial charge < -0.3 is 4.74 Å². The Morgan fingerprint density at radius 2 is 2.13 bits per heavy atom. The average molecular weight is 202 g/mol. The van der Waals surface area contributed by atoms with Gasteiger partial charge in [0, 0.05) is 11.5 Å². The number of rotatable bonds is 1. The van der Waals surface area contributed by atoms with Gasteiger partial charge in [0.15, 0.2) is 0 Å². The van der Waals surface area contributed by atoms with Crippen LogP contribution in [0.2, 0.25) is 0 Å². The quantitative estimate of drug-likeness (QED) is 0.674. The zero-order valence-electron chi connectivity index (χ0n) is 9.49. The molecule has 1 aliphatic carbocycles. The molecule has 1 aliphatic heterocycles. The Morgan fingerprint density at radius 1 is 1.33 bits per heavy atom. The van der Waals surface area contributed by atoms with E-state index in [9.17, 15) is 0 Å². The Balaban J connectivity index is 2.09. The average Bonchev–Trinajstić information content (AvgIpc) is 2.73. The molecule has 0 radical (unpaired) electrons. The summed E-state index contributed by atoms with van der Waals surface area (Å²) in [7, 11) is 0. The largest absolute Gasteiger partial charge is 0.486 e. The molecule has 2 aliphatic rings. The Kier molecular flexibility index (Phi) is 1.86. The maximum absolute atomic E-state index is 6.28. The highest BCUT2D eigenvalue weighted by Crippen LogP contribution is 2.56. The summed E-state index contributed by atoms with van der Waals surface area (Å²) in [6, 6.07) is 8.58. The van der Waals surface area contributed by atoms with Gasteiger partial charge in [-0.25, -0.2) is 0 Å². The zero-order chi connectivity index (χ0) is 10.5. The molecule has 1 heteroatoms. The third kappa shape index (κ3) is 1.09. The van der Waals surface area contributed by atoms with Crippen LogP contribution in [-0.4, -0.2) is 5.60 Å². The minimum Gasteiger partial charge on any atom is -0.486 e. The smallest absolute Gasteiger partial charge is 0.123 e. The standard InChI is InChI=1S/C14H18O/c1-10(2)14-9-5-7-12(14)11-6-3-4-8-13(11)15-14/h3-4,6,8,10,12H,5,7,9H2,1-2H3/t12-,14+/m1/s1. The van der Waals surface area contributed by atoms with Crippen molar-refractivity contribution in [3.05, 3.63) is 29.8 Å². The molecule has 0 bridgehead atoms. The van der Waals surface area contributed by atoms with E-state index in [1.165, 1.54) is 24.8 Å². The summed E-state index contributed by atoms with van der Waals surface area (Å²) in [5.74, 6) is 2.39.